The van der Waals surface area contributed by atoms with Crippen molar-refractivity contribution < 1.29 is 23.1 Å². The zero-order chi connectivity index (χ0) is 20.6. The maximum atomic E-state index is 13.0. The summed E-state index contributed by atoms with van der Waals surface area (Å²) in [6, 6.07) is 15.6. The summed E-state index contributed by atoms with van der Waals surface area (Å²) in [7, 11) is 1.53. The van der Waals surface area contributed by atoms with Gasteiger partial charge in [0.25, 0.3) is 11.8 Å². The van der Waals surface area contributed by atoms with Crippen molar-refractivity contribution in [3.05, 3.63) is 95.3 Å². The van der Waals surface area contributed by atoms with Crippen LogP contribution >= 0.6 is 0 Å². The Hall–Kier alpha value is -3.87. The maximum absolute atomic E-state index is 13.0. The second kappa shape index (κ2) is 9.36. The Labute approximate surface area is 167 Å². The average Bonchev–Trinajstić information content (AvgIpc) is 3.26. The van der Waals surface area contributed by atoms with E-state index in [-0.39, 0.29) is 18.1 Å². The lowest BCUT2D eigenvalue weighted by Crippen LogP contribution is -2.34. The van der Waals surface area contributed by atoms with Crippen LogP contribution < -0.4 is 15.4 Å². The fourth-order valence-electron chi connectivity index (χ4n) is 2.49. The molecular formula is C22H19FN2O4. The third-order valence-electron chi connectivity index (χ3n) is 4.04. The molecule has 0 saturated heterocycles. The summed E-state index contributed by atoms with van der Waals surface area (Å²) in [6.07, 6.45) is 2.90. The molecule has 0 bridgehead atoms. The molecule has 3 aromatic rings. The van der Waals surface area contributed by atoms with E-state index in [0.717, 1.165) is 5.56 Å². The van der Waals surface area contributed by atoms with Gasteiger partial charge >= 0.3 is 0 Å². The molecule has 2 N–H and O–H groups in total. The molecule has 0 fully saturated rings. The fraction of sp³-hybridized carbons (Fsp3) is 0.0909. The number of carbonyl (C=O) groups excluding carboxylic acids is 2. The minimum atomic E-state index is -0.507. The number of ether oxygens (including phenoxy) is 1. The molecule has 0 aliphatic heterocycles. The van der Waals surface area contributed by atoms with Crippen molar-refractivity contribution >= 4 is 17.9 Å². The highest BCUT2D eigenvalue weighted by atomic mass is 19.1. The number of carbonyl (C=O) groups is 2. The van der Waals surface area contributed by atoms with Crippen molar-refractivity contribution in [2.75, 3.05) is 7.11 Å². The summed E-state index contributed by atoms with van der Waals surface area (Å²) in [6.45, 7) is 0.174. The summed E-state index contributed by atoms with van der Waals surface area (Å²) in [5, 5.41) is 5.30. The highest BCUT2D eigenvalue weighted by Crippen LogP contribution is 2.13. The van der Waals surface area contributed by atoms with Gasteiger partial charge in [-0.1, -0.05) is 12.1 Å². The summed E-state index contributed by atoms with van der Waals surface area (Å²) >= 11 is 0. The number of hydrogen-bond donors (Lipinski definition) is 2. The van der Waals surface area contributed by atoms with Crippen LogP contribution in [0.1, 0.15) is 21.7 Å². The topological polar surface area (TPSA) is 80.6 Å². The van der Waals surface area contributed by atoms with E-state index in [2.05, 4.69) is 10.6 Å². The van der Waals surface area contributed by atoms with E-state index < -0.39 is 11.8 Å². The van der Waals surface area contributed by atoms with E-state index in [9.17, 15) is 14.0 Å². The minimum Gasteiger partial charge on any atom is -0.497 e. The smallest absolute Gasteiger partial charge is 0.268 e. The van der Waals surface area contributed by atoms with Crippen LogP contribution in [0.2, 0.25) is 0 Å². The summed E-state index contributed by atoms with van der Waals surface area (Å²) in [4.78, 5) is 25.2. The molecule has 148 valence electrons. The molecule has 0 saturated carbocycles. The lowest BCUT2D eigenvalue weighted by Gasteiger charge is -2.11. The van der Waals surface area contributed by atoms with Crippen LogP contribution in [0.5, 0.6) is 5.75 Å². The van der Waals surface area contributed by atoms with Gasteiger partial charge in [0.2, 0.25) is 0 Å². The minimum absolute atomic E-state index is 0.0166. The van der Waals surface area contributed by atoms with Crippen molar-refractivity contribution in [3.63, 3.8) is 0 Å². The molecule has 3 rings (SSSR count). The van der Waals surface area contributed by atoms with Crippen LogP contribution in [0, 0.1) is 5.82 Å². The highest BCUT2D eigenvalue weighted by Gasteiger charge is 2.15. The fourth-order valence-corrected chi connectivity index (χ4v) is 2.49. The number of hydrogen-bond acceptors (Lipinski definition) is 4. The normalized spacial score (nSPS) is 11.0. The van der Waals surface area contributed by atoms with Gasteiger partial charge in [-0.05, 0) is 54.1 Å². The Balaban J connectivity index is 1.74. The molecule has 1 heterocycles. The second-order valence-corrected chi connectivity index (χ2v) is 6.07. The number of methoxy groups -OCH3 is 1. The summed E-state index contributed by atoms with van der Waals surface area (Å²) < 4.78 is 23.3. The van der Waals surface area contributed by atoms with E-state index in [0.29, 0.717) is 17.1 Å². The van der Waals surface area contributed by atoms with Gasteiger partial charge in [0, 0.05) is 18.2 Å². The lowest BCUT2D eigenvalue weighted by molar-refractivity contribution is -0.117. The van der Waals surface area contributed by atoms with E-state index >= 15 is 0 Å². The third-order valence-corrected chi connectivity index (χ3v) is 4.04. The molecule has 0 aliphatic rings. The van der Waals surface area contributed by atoms with Gasteiger partial charge in [0.05, 0.1) is 13.4 Å². The van der Waals surface area contributed by atoms with Gasteiger partial charge < -0.3 is 19.8 Å². The first-order chi connectivity index (χ1) is 14.0. The Bertz CT molecular complexity index is 994. The number of amides is 2. The van der Waals surface area contributed by atoms with E-state index in [1.165, 1.54) is 31.6 Å². The van der Waals surface area contributed by atoms with E-state index in [1.807, 2.05) is 0 Å². The highest BCUT2D eigenvalue weighted by molar-refractivity contribution is 6.05. The Kier molecular flexibility index (Phi) is 6.42. The number of furan rings is 1. The lowest BCUT2D eigenvalue weighted by atomic mass is 10.2. The average molecular weight is 394 g/mol. The number of nitrogens with one attached hydrogen (secondary N) is 2. The third kappa shape index (κ3) is 5.55. The Morgan fingerprint density at radius 2 is 1.79 bits per heavy atom. The largest absolute Gasteiger partial charge is 0.497 e. The molecule has 0 unspecified atom stereocenters. The molecule has 0 radical (unpaired) electrons. The monoisotopic (exact) mass is 394 g/mol. The van der Waals surface area contributed by atoms with Crippen molar-refractivity contribution in [1.29, 1.82) is 0 Å². The molecule has 0 atom stereocenters. The molecule has 0 spiro atoms. The first-order valence-corrected chi connectivity index (χ1v) is 8.78. The Morgan fingerprint density at radius 3 is 2.41 bits per heavy atom. The van der Waals surface area contributed by atoms with Crippen LogP contribution in [-0.2, 0) is 11.3 Å². The van der Waals surface area contributed by atoms with Gasteiger partial charge in [-0.25, -0.2) is 4.39 Å². The van der Waals surface area contributed by atoms with Crippen molar-refractivity contribution in [1.82, 2.24) is 10.6 Å². The molecular weight excluding hydrogens is 375 g/mol. The van der Waals surface area contributed by atoms with Crippen LogP contribution in [0.15, 0.2) is 77.0 Å². The standard InChI is InChI=1S/C22H19FN2O4/c1-28-18-10-6-16(7-11-18)21(26)25-20(13-19-3-2-12-29-19)22(27)24-14-15-4-8-17(23)9-5-15/h2-13H,14H2,1H3,(H,24,27)(H,25,26)/b20-13-. The number of benzene rings is 2. The zero-order valence-corrected chi connectivity index (χ0v) is 15.6. The van der Waals surface area contributed by atoms with E-state index in [1.54, 1.807) is 48.5 Å². The van der Waals surface area contributed by atoms with Crippen LogP contribution in [0.3, 0.4) is 0 Å². The van der Waals surface area contributed by atoms with Gasteiger partial charge in [-0.2, -0.15) is 0 Å². The van der Waals surface area contributed by atoms with Crippen LogP contribution in [0.4, 0.5) is 4.39 Å². The SMILES string of the molecule is COc1ccc(C(=O)N/C(=C\c2ccco2)C(=O)NCc2ccc(F)cc2)cc1. The Morgan fingerprint density at radius 1 is 1.07 bits per heavy atom. The van der Waals surface area contributed by atoms with Gasteiger partial charge in [0.15, 0.2) is 0 Å². The summed E-state index contributed by atoms with van der Waals surface area (Å²) in [5.74, 6) is -0.294. The molecule has 0 aliphatic carbocycles. The van der Waals surface area contributed by atoms with Crippen molar-refractivity contribution in [2.24, 2.45) is 0 Å². The number of halogens is 1. The molecule has 7 heteroatoms. The molecule has 1 aromatic heterocycles. The quantitative estimate of drug-likeness (QED) is 0.601. The first-order valence-electron chi connectivity index (χ1n) is 8.78. The van der Waals surface area contributed by atoms with Crippen molar-refractivity contribution in [3.8, 4) is 5.75 Å². The molecule has 2 aromatic carbocycles. The predicted molar refractivity (Wildman–Crippen MR) is 105 cm³/mol. The van der Waals surface area contributed by atoms with Crippen molar-refractivity contribution in [2.45, 2.75) is 6.54 Å². The second-order valence-electron chi connectivity index (χ2n) is 6.07. The van der Waals surface area contributed by atoms with Gasteiger partial charge in [0.1, 0.15) is 23.0 Å². The summed E-state index contributed by atoms with van der Waals surface area (Å²) in [5.41, 5.74) is 1.10. The molecule has 29 heavy (non-hydrogen) atoms. The van der Waals surface area contributed by atoms with Crippen LogP contribution in [0.25, 0.3) is 6.08 Å². The first kappa shape index (κ1) is 19.9. The maximum Gasteiger partial charge on any atom is 0.268 e. The van der Waals surface area contributed by atoms with Gasteiger partial charge in [-0.3, -0.25) is 9.59 Å². The molecule has 2 amide bonds. The van der Waals surface area contributed by atoms with E-state index in [4.69, 9.17) is 9.15 Å². The number of rotatable bonds is 7. The predicted octanol–water partition coefficient (Wildman–Crippen LogP) is 3.51. The van der Waals surface area contributed by atoms with Crippen LogP contribution in [-0.4, -0.2) is 18.9 Å². The molecule has 6 nitrogen and oxygen atoms in total. The van der Waals surface area contributed by atoms with Gasteiger partial charge in [-0.15, -0.1) is 0 Å². The zero-order valence-electron chi connectivity index (χ0n) is 15.6.